The molecule has 1 aromatic rings. The first-order valence-corrected chi connectivity index (χ1v) is 9.03. The molecule has 1 heterocycles. The summed E-state index contributed by atoms with van der Waals surface area (Å²) in [5.41, 5.74) is 1.95. The number of allylic oxidation sites excluding steroid dienone is 1. The van der Waals surface area contributed by atoms with E-state index in [2.05, 4.69) is 23.0 Å². The molecule has 1 unspecified atom stereocenters. The van der Waals surface area contributed by atoms with Crippen LogP contribution >= 0.6 is 23.2 Å². The van der Waals surface area contributed by atoms with Crippen LogP contribution in [-0.4, -0.2) is 22.5 Å². The van der Waals surface area contributed by atoms with Gasteiger partial charge in [-0.1, -0.05) is 19.1 Å². The Balaban J connectivity index is 2.69. The fraction of sp³-hybridized carbons (Fsp3) is 0.611. The van der Waals surface area contributed by atoms with Crippen LogP contribution in [0.2, 0.25) is 5.28 Å². The van der Waals surface area contributed by atoms with Crippen LogP contribution in [-0.2, 0) is 15.4 Å². The molecule has 0 saturated heterocycles. The smallest absolute Gasteiger partial charge is 0.311 e. The van der Waals surface area contributed by atoms with Crippen molar-refractivity contribution in [1.29, 1.82) is 0 Å². The Kier molecular flexibility index (Phi) is 8.17. The zero-order valence-corrected chi connectivity index (χ0v) is 16.5. The van der Waals surface area contributed by atoms with Crippen LogP contribution < -0.4 is 0 Å². The Hall–Kier alpha value is -1.13. The van der Waals surface area contributed by atoms with E-state index in [0.717, 1.165) is 29.8 Å². The number of carbonyl (C=O) groups excluding carboxylic acids is 1. The third kappa shape index (κ3) is 6.40. The molecule has 24 heavy (non-hydrogen) atoms. The molecule has 4 nitrogen and oxygen atoms in total. The van der Waals surface area contributed by atoms with E-state index in [1.165, 1.54) is 0 Å². The van der Waals surface area contributed by atoms with Gasteiger partial charge in [-0.05, 0) is 58.1 Å². The number of esters is 1. The molecule has 0 aliphatic carbocycles. The van der Waals surface area contributed by atoms with Crippen LogP contribution in [0, 0.1) is 18.3 Å². The van der Waals surface area contributed by atoms with Crippen molar-refractivity contribution < 1.29 is 9.53 Å². The molecule has 0 aliphatic heterocycles. The Morgan fingerprint density at radius 2 is 2.00 bits per heavy atom. The Bertz CT molecular complexity index is 595. The van der Waals surface area contributed by atoms with Gasteiger partial charge in [0.1, 0.15) is 0 Å². The van der Waals surface area contributed by atoms with Crippen molar-refractivity contribution in [3.05, 3.63) is 28.3 Å². The molecular formula is C18H26Cl2N2O2. The lowest BCUT2D eigenvalue weighted by Crippen LogP contribution is -2.25. The van der Waals surface area contributed by atoms with Gasteiger partial charge in [-0.3, -0.25) is 4.79 Å². The van der Waals surface area contributed by atoms with Crippen LogP contribution in [0.4, 0.5) is 0 Å². The van der Waals surface area contributed by atoms with E-state index in [1.807, 2.05) is 33.8 Å². The number of aromatic nitrogens is 2. The average molecular weight is 373 g/mol. The highest BCUT2D eigenvalue weighted by atomic mass is 35.5. The number of aryl methyl sites for hydroxylation is 1. The van der Waals surface area contributed by atoms with Crippen molar-refractivity contribution in [2.45, 2.75) is 53.3 Å². The maximum Gasteiger partial charge on any atom is 0.311 e. The van der Waals surface area contributed by atoms with Crippen molar-refractivity contribution in [1.82, 2.24) is 9.97 Å². The van der Waals surface area contributed by atoms with E-state index >= 15 is 0 Å². The van der Waals surface area contributed by atoms with Gasteiger partial charge >= 0.3 is 5.97 Å². The minimum absolute atomic E-state index is 0.170. The molecule has 0 radical (unpaired) electrons. The van der Waals surface area contributed by atoms with Crippen molar-refractivity contribution >= 4 is 35.2 Å². The Morgan fingerprint density at radius 1 is 1.33 bits per heavy atom. The molecule has 0 aliphatic rings. The highest BCUT2D eigenvalue weighted by Gasteiger charge is 2.23. The minimum Gasteiger partial charge on any atom is -0.465 e. The zero-order chi connectivity index (χ0) is 18.3. The second kappa shape index (κ2) is 9.38. The first kappa shape index (κ1) is 20.9. The number of nitrogens with zero attached hydrogens (tertiary/aromatic N) is 2. The normalized spacial score (nSPS) is 13.3. The van der Waals surface area contributed by atoms with Crippen LogP contribution in [0.5, 0.6) is 0 Å². The van der Waals surface area contributed by atoms with Gasteiger partial charge < -0.3 is 4.74 Å². The third-order valence-corrected chi connectivity index (χ3v) is 4.13. The summed E-state index contributed by atoms with van der Waals surface area (Å²) in [6.07, 6.45) is 5.75. The van der Waals surface area contributed by atoms with E-state index in [-0.39, 0.29) is 23.1 Å². The third-order valence-electron chi connectivity index (χ3n) is 3.71. The first-order chi connectivity index (χ1) is 11.2. The van der Waals surface area contributed by atoms with Crippen LogP contribution in [0.3, 0.4) is 0 Å². The fourth-order valence-electron chi connectivity index (χ4n) is 2.06. The van der Waals surface area contributed by atoms with Gasteiger partial charge in [-0.15, -0.1) is 11.6 Å². The van der Waals surface area contributed by atoms with Crippen LogP contribution in [0.1, 0.15) is 57.5 Å². The summed E-state index contributed by atoms with van der Waals surface area (Å²) in [6.45, 7) is 9.96. The molecule has 0 aromatic carbocycles. The van der Waals surface area contributed by atoms with E-state index in [1.54, 1.807) is 0 Å². The number of halogens is 2. The van der Waals surface area contributed by atoms with Crippen LogP contribution in [0.25, 0.3) is 6.08 Å². The standard InChI is InChI=1S/C18H26Cl2N2O2/c1-6-13(11-24-16(23)18(3,4)5)8-7-9-14-12(2)21-17(20)22-15(14)10-19/h7,9,13H,6,8,10-11H2,1-5H3. The van der Waals surface area contributed by atoms with Gasteiger partial charge in [0, 0.05) is 11.3 Å². The summed E-state index contributed by atoms with van der Waals surface area (Å²) >= 11 is 11.8. The van der Waals surface area contributed by atoms with Gasteiger partial charge in [0.2, 0.25) is 5.28 Å². The molecular weight excluding hydrogens is 347 g/mol. The number of ether oxygens (including phenoxy) is 1. The molecule has 1 aromatic heterocycles. The predicted octanol–water partition coefficient (Wildman–Crippen LogP) is 5.20. The lowest BCUT2D eigenvalue weighted by Gasteiger charge is -2.19. The van der Waals surface area contributed by atoms with E-state index in [4.69, 9.17) is 27.9 Å². The SMILES string of the molecule is CCC(CC=Cc1c(C)nc(Cl)nc1CCl)COC(=O)C(C)(C)C. The number of rotatable bonds is 7. The largest absolute Gasteiger partial charge is 0.465 e. The number of alkyl halides is 1. The molecule has 0 spiro atoms. The highest BCUT2D eigenvalue weighted by Crippen LogP contribution is 2.20. The summed E-state index contributed by atoms with van der Waals surface area (Å²) < 4.78 is 5.41. The lowest BCUT2D eigenvalue weighted by molar-refractivity contribution is -0.154. The molecule has 6 heteroatoms. The van der Waals surface area contributed by atoms with Gasteiger partial charge in [0.05, 0.1) is 23.6 Å². The summed E-state index contributed by atoms with van der Waals surface area (Å²) in [5, 5.41) is 0.209. The Morgan fingerprint density at radius 3 is 2.54 bits per heavy atom. The molecule has 1 rings (SSSR count). The minimum atomic E-state index is -0.471. The second-order valence-corrected chi connectivity index (χ2v) is 7.44. The van der Waals surface area contributed by atoms with Crippen molar-refractivity contribution in [2.75, 3.05) is 6.61 Å². The van der Waals surface area contributed by atoms with Gasteiger partial charge in [-0.2, -0.15) is 0 Å². The van der Waals surface area contributed by atoms with Gasteiger partial charge in [0.15, 0.2) is 0 Å². The van der Waals surface area contributed by atoms with Gasteiger partial charge in [-0.25, -0.2) is 9.97 Å². The summed E-state index contributed by atoms with van der Waals surface area (Å²) in [4.78, 5) is 20.2. The number of carbonyl (C=O) groups is 1. The van der Waals surface area contributed by atoms with E-state index in [0.29, 0.717) is 6.61 Å². The molecule has 0 bridgehead atoms. The fourth-order valence-corrected chi connectivity index (χ4v) is 2.50. The first-order valence-electron chi connectivity index (χ1n) is 8.11. The van der Waals surface area contributed by atoms with Crippen molar-refractivity contribution in [2.24, 2.45) is 11.3 Å². The monoisotopic (exact) mass is 372 g/mol. The number of hydrogen-bond donors (Lipinski definition) is 0. The lowest BCUT2D eigenvalue weighted by atomic mass is 9.97. The quantitative estimate of drug-likeness (QED) is 0.375. The zero-order valence-electron chi connectivity index (χ0n) is 15.0. The topological polar surface area (TPSA) is 52.1 Å². The maximum absolute atomic E-state index is 11.9. The second-order valence-electron chi connectivity index (χ2n) is 6.83. The summed E-state index contributed by atoms with van der Waals surface area (Å²) in [7, 11) is 0. The predicted molar refractivity (Wildman–Crippen MR) is 99.2 cm³/mol. The van der Waals surface area contributed by atoms with E-state index in [9.17, 15) is 4.79 Å². The summed E-state index contributed by atoms with van der Waals surface area (Å²) in [6, 6.07) is 0. The molecule has 0 amide bonds. The van der Waals surface area contributed by atoms with Crippen molar-refractivity contribution in [3.63, 3.8) is 0 Å². The van der Waals surface area contributed by atoms with E-state index < -0.39 is 5.41 Å². The molecule has 134 valence electrons. The molecule has 0 saturated carbocycles. The van der Waals surface area contributed by atoms with Crippen molar-refractivity contribution in [3.8, 4) is 0 Å². The average Bonchev–Trinajstić information content (AvgIpc) is 2.50. The molecule has 0 fully saturated rings. The van der Waals surface area contributed by atoms with Gasteiger partial charge in [0.25, 0.3) is 0 Å². The summed E-state index contributed by atoms with van der Waals surface area (Å²) in [5.74, 6) is 0.389. The molecule has 0 N–H and O–H groups in total. The highest BCUT2D eigenvalue weighted by molar-refractivity contribution is 6.28. The number of hydrogen-bond acceptors (Lipinski definition) is 4. The molecule has 1 atom stereocenters. The van der Waals surface area contributed by atoms with Crippen LogP contribution in [0.15, 0.2) is 6.08 Å². The Labute approximate surface area is 154 Å². The maximum atomic E-state index is 11.9.